The third-order valence-electron chi connectivity index (χ3n) is 2.27. The maximum absolute atomic E-state index is 11.5. The molecule has 0 atom stereocenters. The van der Waals surface area contributed by atoms with E-state index in [4.69, 9.17) is 4.74 Å². The van der Waals surface area contributed by atoms with Crippen LogP contribution in [0.25, 0.3) is 0 Å². The Balaban J connectivity index is 2.58. The Kier molecular flexibility index (Phi) is 2.26. The first-order chi connectivity index (χ1) is 6.98. The molecule has 0 aromatic heterocycles. The van der Waals surface area contributed by atoms with Gasteiger partial charge in [0.15, 0.2) is 15.6 Å². The molecular weight excluding hydrogens is 216 g/mol. The summed E-state index contributed by atoms with van der Waals surface area (Å²) in [6, 6.07) is 4.36. The fourth-order valence-corrected chi connectivity index (χ4v) is 2.12. The molecule has 15 heavy (non-hydrogen) atoms. The number of Topliss-reactive ketones (excluding diaryl/α,β-unsaturated/α-hetero) is 1. The van der Waals surface area contributed by atoms with Gasteiger partial charge in [-0.05, 0) is 18.2 Å². The summed E-state index contributed by atoms with van der Waals surface area (Å²) in [6.07, 6.45) is 1.42. The number of rotatable bonds is 1. The largest absolute Gasteiger partial charge is 0.492 e. The lowest BCUT2D eigenvalue weighted by atomic mass is 10.1. The highest BCUT2D eigenvalue weighted by Crippen LogP contribution is 2.27. The van der Waals surface area contributed by atoms with Crippen LogP contribution in [-0.4, -0.2) is 27.1 Å². The standard InChI is InChI=1S/C10H10O4S/c1-15(12,13)7-2-3-10-8(6-7)9(11)4-5-14-10/h2-3,6H,4-5H2,1H3. The number of carbonyl (C=O) groups is 1. The molecule has 0 fully saturated rings. The monoisotopic (exact) mass is 226 g/mol. The second-order valence-corrected chi connectivity index (χ2v) is 5.47. The highest BCUT2D eigenvalue weighted by Gasteiger charge is 2.20. The summed E-state index contributed by atoms with van der Waals surface area (Å²) >= 11 is 0. The van der Waals surface area contributed by atoms with Gasteiger partial charge in [-0.2, -0.15) is 0 Å². The summed E-state index contributed by atoms with van der Waals surface area (Å²) in [5.41, 5.74) is 0.365. The molecule has 0 unspecified atom stereocenters. The van der Waals surface area contributed by atoms with Crippen molar-refractivity contribution in [3.8, 4) is 5.75 Å². The Morgan fingerprint density at radius 1 is 1.33 bits per heavy atom. The first kappa shape index (κ1) is 10.2. The second-order valence-electron chi connectivity index (χ2n) is 3.45. The average Bonchev–Trinajstić information content (AvgIpc) is 2.16. The molecule has 1 aromatic carbocycles. The number of hydrogen-bond donors (Lipinski definition) is 0. The van der Waals surface area contributed by atoms with Crippen molar-refractivity contribution in [3.05, 3.63) is 23.8 Å². The van der Waals surface area contributed by atoms with Crippen molar-refractivity contribution in [1.29, 1.82) is 0 Å². The Morgan fingerprint density at radius 3 is 2.73 bits per heavy atom. The fourth-order valence-electron chi connectivity index (χ4n) is 1.47. The lowest BCUT2D eigenvalue weighted by molar-refractivity contribution is 0.0933. The second kappa shape index (κ2) is 3.34. The maximum Gasteiger partial charge on any atom is 0.175 e. The van der Waals surface area contributed by atoms with Crippen molar-refractivity contribution in [3.63, 3.8) is 0 Å². The summed E-state index contributed by atoms with van der Waals surface area (Å²) in [7, 11) is -3.27. The van der Waals surface area contributed by atoms with Gasteiger partial charge in [-0.15, -0.1) is 0 Å². The molecule has 0 spiro atoms. The molecule has 4 nitrogen and oxygen atoms in total. The van der Waals surface area contributed by atoms with Gasteiger partial charge in [0.1, 0.15) is 5.75 Å². The minimum atomic E-state index is -3.27. The van der Waals surface area contributed by atoms with Crippen LogP contribution in [0.5, 0.6) is 5.75 Å². The van der Waals surface area contributed by atoms with Gasteiger partial charge in [0.05, 0.1) is 17.1 Å². The fraction of sp³-hybridized carbons (Fsp3) is 0.300. The lowest BCUT2D eigenvalue weighted by Crippen LogP contribution is -2.15. The van der Waals surface area contributed by atoms with Gasteiger partial charge in [-0.25, -0.2) is 8.42 Å². The Bertz CT molecular complexity index is 516. The molecule has 1 aromatic rings. The van der Waals surface area contributed by atoms with Crippen LogP contribution in [0.15, 0.2) is 23.1 Å². The van der Waals surface area contributed by atoms with Gasteiger partial charge in [-0.3, -0.25) is 4.79 Å². The van der Waals surface area contributed by atoms with Crippen LogP contribution in [0.3, 0.4) is 0 Å². The lowest BCUT2D eigenvalue weighted by Gasteiger charge is -2.16. The van der Waals surface area contributed by atoms with Crippen LogP contribution in [-0.2, 0) is 9.84 Å². The topological polar surface area (TPSA) is 60.4 Å². The van der Waals surface area contributed by atoms with Crippen molar-refractivity contribution in [2.75, 3.05) is 12.9 Å². The molecule has 0 N–H and O–H groups in total. The molecule has 0 saturated heterocycles. The summed E-state index contributed by atoms with van der Waals surface area (Å²) in [5.74, 6) is 0.403. The minimum Gasteiger partial charge on any atom is -0.492 e. The first-order valence-corrected chi connectivity index (χ1v) is 6.38. The van der Waals surface area contributed by atoms with Crippen LogP contribution < -0.4 is 4.74 Å². The predicted molar refractivity (Wildman–Crippen MR) is 54.0 cm³/mol. The molecule has 0 radical (unpaired) electrons. The SMILES string of the molecule is CS(=O)(=O)c1ccc2c(c1)C(=O)CCO2. The zero-order chi connectivity index (χ0) is 11.1. The Hall–Kier alpha value is -1.36. The van der Waals surface area contributed by atoms with Crippen molar-refractivity contribution in [2.45, 2.75) is 11.3 Å². The minimum absolute atomic E-state index is 0.0678. The van der Waals surface area contributed by atoms with E-state index in [2.05, 4.69) is 0 Å². The molecule has 0 aliphatic carbocycles. The van der Waals surface area contributed by atoms with Crippen LogP contribution in [0.2, 0.25) is 0 Å². The molecule has 1 heterocycles. The molecule has 2 rings (SSSR count). The molecule has 1 aliphatic heterocycles. The summed E-state index contributed by atoms with van der Waals surface area (Å²) in [5, 5.41) is 0. The van der Waals surface area contributed by atoms with Gasteiger partial charge in [0.25, 0.3) is 0 Å². The Morgan fingerprint density at radius 2 is 2.07 bits per heavy atom. The van der Waals surface area contributed by atoms with Crippen molar-refractivity contribution in [1.82, 2.24) is 0 Å². The van der Waals surface area contributed by atoms with E-state index in [9.17, 15) is 13.2 Å². The van der Waals surface area contributed by atoms with Gasteiger partial charge < -0.3 is 4.74 Å². The number of fused-ring (bicyclic) bond motifs is 1. The van der Waals surface area contributed by atoms with E-state index in [0.717, 1.165) is 6.26 Å². The number of ether oxygens (including phenoxy) is 1. The summed E-state index contributed by atoms with van der Waals surface area (Å²) < 4.78 is 27.8. The Labute approximate surface area is 87.8 Å². The van der Waals surface area contributed by atoms with Crippen LogP contribution in [0.1, 0.15) is 16.8 Å². The van der Waals surface area contributed by atoms with Crippen molar-refractivity contribution >= 4 is 15.6 Å². The highest BCUT2D eigenvalue weighted by molar-refractivity contribution is 7.90. The smallest absolute Gasteiger partial charge is 0.175 e. The van der Waals surface area contributed by atoms with E-state index in [-0.39, 0.29) is 10.7 Å². The number of hydrogen-bond acceptors (Lipinski definition) is 4. The zero-order valence-electron chi connectivity index (χ0n) is 8.19. The van der Waals surface area contributed by atoms with Crippen molar-refractivity contribution in [2.24, 2.45) is 0 Å². The van der Waals surface area contributed by atoms with E-state index in [0.29, 0.717) is 24.3 Å². The van der Waals surface area contributed by atoms with Gasteiger partial charge in [-0.1, -0.05) is 0 Å². The third kappa shape index (κ3) is 1.87. The maximum atomic E-state index is 11.5. The average molecular weight is 226 g/mol. The molecule has 0 saturated carbocycles. The molecule has 0 bridgehead atoms. The first-order valence-electron chi connectivity index (χ1n) is 4.48. The van der Waals surface area contributed by atoms with E-state index < -0.39 is 9.84 Å². The number of carbonyl (C=O) groups excluding carboxylic acids is 1. The molecule has 1 aliphatic rings. The van der Waals surface area contributed by atoms with Gasteiger partial charge in [0.2, 0.25) is 0 Å². The van der Waals surface area contributed by atoms with E-state index in [1.54, 1.807) is 0 Å². The van der Waals surface area contributed by atoms with Gasteiger partial charge >= 0.3 is 0 Å². The molecule has 5 heteroatoms. The molecular formula is C10H10O4S. The number of sulfone groups is 1. The summed E-state index contributed by atoms with van der Waals surface area (Å²) in [6.45, 7) is 0.365. The van der Waals surface area contributed by atoms with E-state index in [1.807, 2.05) is 0 Å². The van der Waals surface area contributed by atoms with Crippen molar-refractivity contribution < 1.29 is 17.9 Å². The summed E-state index contributed by atoms with van der Waals surface area (Å²) in [4.78, 5) is 11.6. The number of ketones is 1. The molecule has 80 valence electrons. The predicted octanol–water partition coefficient (Wildman–Crippen LogP) is 1.06. The molecule has 0 amide bonds. The van der Waals surface area contributed by atoms with Crippen LogP contribution >= 0.6 is 0 Å². The number of benzene rings is 1. The highest BCUT2D eigenvalue weighted by atomic mass is 32.2. The zero-order valence-corrected chi connectivity index (χ0v) is 9.00. The van der Waals surface area contributed by atoms with Gasteiger partial charge in [0, 0.05) is 12.7 Å². The van der Waals surface area contributed by atoms with Crippen LogP contribution in [0, 0.1) is 0 Å². The van der Waals surface area contributed by atoms with Crippen LogP contribution in [0.4, 0.5) is 0 Å². The van der Waals surface area contributed by atoms with E-state index in [1.165, 1.54) is 18.2 Å². The van der Waals surface area contributed by atoms with E-state index >= 15 is 0 Å². The quantitative estimate of drug-likeness (QED) is 0.718. The normalized spacial score (nSPS) is 15.7. The third-order valence-corrected chi connectivity index (χ3v) is 3.38.